The summed E-state index contributed by atoms with van der Waals surface area (Å²) in [6.45, 7) is 3.75. The summed E-state index contributed by atoms with van der Waals surface area (Å²) in [5.41, 5.74) is 1.07. The molecule has 2 rings (SSSR count). The van der Waals surface area contributed by atoms with Gasteiger partial charge in [0.1, 0.15) is 0 Å². The van der Waals surface area contributed by atoms with Crippen LogP contribution in [-0.4, -0.2) is 24.2 Å². The number of nitrogens with one attached hydrogen (secondary N) is 1. The first-order valence-corrected chi connectivity index (χ1v) is 6.95. The second kappa shape index (κ2) is 5.83. The molecule has 0 aromatic heterocycles. The molecular weight excluding hydrogens is 347 g/mol. The summed E-state index contributed by atoms with van der Waals surface area (Å²) >= 11 is 2.11. The number of rotatable bonds is 4. The Kier molecular flexibility index (Phi) is 4.39. The van der Waals surface area contributed by atoms with E-state index in [0.717, 1.165) is 28.8 Å². The SMILES string of the molecule is CC1OCCC1CNc1ccc([N+](=O)[O-])cc1I. The highest BCUT2D eigenvalue weighted by Crippen LogP contribution is 2.26. The van der Waals surface area contributed by atoms with E-state index in [0.29, 0.717) is 5.92 Å². The summed E-state index contributed by atoms with van der Waals surface area (Å²) in [5.74, 6) is 0.510. The lowest BCUT2D eigenvalue weighted by atomic mass is 10.0. The first-order chi connectivity index (χ1) is 8.58. The molecule has 5 nitrogen and oxygen atoms in total. The number of nitro groups is 1. The molecule has 0 amide bonds. The number of non-ortho nitro benzene ring substituents is 1. The average Bonchev–Trinajstić information content (AvgIpc) is 2.73. The summed E-state index contributed by atoms with van der Waals surface area (Å²) in [6, 6.07) is 4.87. The summed E-state index contributed by atoms with van der Waals surface area (Å²) < 4.78 is 6.37. The number of nitro benzene ring substituents is 1. The predicted octanol–water partition coefficient (Wildman–Crippen LogP) is 3.04. The summed E-state index contributed by atoms with van der Waals surface area (Å²) in [7, 11) is 0. The van der Waals surface area contributed by atoms with Crippen LogP contribution in [0.15, 0.2) is 18.2 Å². The first-order valence-electron chi connectivity index (χ1n) is 5.87. The van der Waals surface area contributed by atoms with Gasteiger partial charge in [-0.05, 0) is 42.0 Å². The lowest BCUT2D eigenvalue weighted by molar-refractivity contribution is -0.384. The lowest BCUT2D eigenvalue weighted by Crippen LogP contribution is -2.21. The van der Waals surface area contributed by atoms with Crippen LogP contribution < -0.4 is 5.32 Å². The molecule has 98 valence electrons. The van der Waals surface area contributed by atoms with Gasteiger partial charge in [-0.3, -0.25) is 10.1 Å². The van der Waals surface area contributed by atoms with Crippen molar-refractivity contribution in [2.24, 2.45) is 5.92 Å². The highest BCUT2D eigenvalue weighted by molar-refractivity contribution is 14.1. The number of hydrogen-bond acceptors (Lipinski definition) is 4. The van der Waals surface area contributed by atoms with Gasteiger partial charge in [-0.1, -0.05) is 0 Å². The fraction of sp³-hybridized carbons (Fsp3) is 0.500. The average molecular weight is 362 g/mol. The van der Waals surface area contributed by atoms with Crippen LogP contribution in [0.3, 0.4) is 0 Å². The molecule has 6 heteroatoms. The highest BCUT2D eigenvalue weighted by Gasteiger charge is 2.24. The van der Waals surface area contributed by atoms with E-state index in [9.17, 15) is 10.1 Å². The fourth-order valence-electron chi connectivity index (χ4n) is 2.05. The van der Waals surface area contributed by atoms with Crippen LogP contribution in [0.25, 0.3) is 0 Å². The quantitative estimate of drug-likeness (QED) is 0.508. The van der Waals surface area contributed by atoms with Crippen LogP contribution in [0.1, 0.15) is 13.3 Å². The van der Waals surface area contributed by atoms with Crippen molar-refractivity contribution in [1.29, 1.82) is 0 Å². The molecule has 1 aliphatic rings. The molecule has 1 aromatic rings. The Bertz CT molecular complexity index is 453. The minimum absolute atomic E-state index is 0.127. The van der Waals surface area contributed by atoms with Crippen LogP contribution in [0.4, 0.5) is 11.4 Å². The lowest BCUT2D eigenvalue weighted by Gasteiger charge is -2.16. The molecule has 0 spiro atoms. The van der Waals surface area contributed by atoms with E-state index < -0.39 is 0 Å². The maximum atomic E-state index is 10.6. The van der Waals surface area contributed by atoms with Gasteiger partial charge in [-0.15, -0.1) is 0 Å². The Morgan fingerprint density at radius 3 is 2.94 bits per heavy atom. The van der Waals surface area contributed by atoms with Gasteiger partial charge in [-0.25, -0.2) is 0 Å². The van der Waals surface area contributed by atoms with Crippen LogP contribution in [-0.2, 0) is 4.74 Å². The van der Waals surface area contributed by atoms with Crippen LogP contribution in [0.2, 0.25) is 0 Å². The van der Waals surface area contributed by atoms with Crippen LogP contribution in [0.5, 0.6) is 0 Å². The van der Waals surface area contributed by atoms with Crippen molar-refractivity contribution in [3.05, 3.63) is 31.9 Å². The van der Waals surface area contributed by atoms with Gasteiger partial charge in [-0.2, -0.15) is 0 Å². The molecule has 1 heterocycles. The van der Waals surface area contributed by atoms with Crippen molar-refractivity contribution in [2.75, 3.05) is 18.5 Å². The zero-order valence-electron chi connectivity index (χ0n) is 10.1. The van der Waals surface area contributed by atoms with E-state index in [-0.39, 0.29) is 16.7 Å². The van der Waals surface area contributed by atoms with E-state index in [1.807, 2.05) is 0 Å². The maximum absolute atomic E-state index is 10.6. The van der Waals surface area contributed by atoms with Crippen LogP contribution in [0, 0.1) is 19.6 Å². The maximum Gasteiger partial charge on any atom is 0.270 e. The molecular formula is C12H15IN2O3. The smallest absolute Gasteiger partial charge is 0.270 e. The van der Waals surface area contributed by atoms with E-state index >= 15 is 0 Å². The third-order valence-electron chi connectivity index (χ3n) is 3.25. The normalized spacial score (nSPS) is 23.0. The van der Waals surface area contributed by atoms with Gasteiger partial charge in [0.2, 0.25) is 0 Å². The fourth-order valence-corrected chi connectivity index (χ4v) is 2.74. The van der Waals surface area contributed by atoms with Crippen molar-refractivity contribution >= 4 is 34.0 Å². The number of anilines is 1. The molecule has 1 aromatic carbocycles. The molecule has 1 N–H and O–H groups in total. The molecule has 1 fully saturated rings. The molecule has 2 unspecified atom stereocenters. The van der Waals surface area contributed by atoms with Crippen molar-refractivity contribution in [3.63, 3.8) is 0 Å². The van der Waals surface area contributed by atoms with Gasteiger partial charge in [0.25, 0.3) is 5.69 Å². The van der Waals surface area contributed by atoms with Gasteiger partial charge >= 0.3 is 0 Å². The molecule has 0 aliphatic carbocycles. The number of benzene rings is 1. The number of halogens is 1. The van der Waals surface area contributed by atoms with E-state index in [4.69, 9.17) is 4.74 Å². The minimum atomic E-state index is -0.376. The van der Waals surface area contributed by atoms with Gasteiger partial charge in [0.05, 0.1) is 11.0 Å². The summed E-state index contributed by atoms with van der Waals surface area (Å²) in [4.78, 5) is 10.3. The number of hydrogen-bond donors (Lipinski definition) is 1. The summed E-state index contributed by atoms with van der Waals surface area (Å²) in [5, 5.41) is 14.0. The van der Waals surface area contributed by atoms with Crippen LogP contribution >= 0.6 is 22.6 Å². The van der Waals surface area contributed by atoms with Crippen molar-refractivity contribution in [2.45, 2.75) is 19.4 Å². The minimum Gasteiger partial charge on any atom is -0.384 e. The first kappa shape index (κ1) is 13.5. The van der Waals surface area contributed by atoms with E-state index in [1.54, 1.807) is 12.1 Å². The van der Waals surface area contributed by atoms with Crippen molar-refractivity contribution < 1.29 is 9.66 Å². The Morgan fingerprint density at radius 1 is 1.61 bits per heavy atom. The molecule has 1 aliphatic heterocycles. The highest BCUT2D eigenvalue weighted by atomic mass is 127. The van der Waals surface area contributed by atoms with Gasteiger partial charge < -0.3 is 10.1 Å². The second-order valence-electron chi connectivity index (χ2n) is 4.43. The third-order valence-corrected chi connectivity index (χ3v) is 4.14. The molecule has 2 atom stereocenters. The Hall–Kier alpha value is -0.890. The topological polar surface area (TPSA) is 64.4 Å². The Morgan fingerprint density at radius 2 is 2.39 bits per heavy atom. The zero-order valence-corrected chi connectivity index (χ0v) is 12.2. The largest absolute Gasteiger partial charge is 0.384 e. The van der Waals surface area contributed by atoms with Gasteiger partial charge in [0.15, 0.2) is 0 Å². The van der Waals surface area contributed by atoms with Crippen molar-refractivity contribution in [3.8, 4) is 0 Å². The van der Waals surface area contributed by atoms with E-state index in [1.165, 1.54) is 6.07 Å². The zero-order chi connectivity index (χ0) is 13.1. The third kappa shape index (κ3) is 3.11. The van der Waals surface area contributed by atoms with E-state index in [2.05, 4.69) is 34.8 Å². The molecule has 1 saturated heterocycles. The number of ether oxygens (including phenoxy) is 1. The Labute approximate surface area is 119 Å². The van der Waals surface area contributed by atoms with Gasteiger partial charge in [0, 0.05) is 40.5 Å². The Balaban J connectivity index is 1.99. The standard InChI is InChI=1S/C12H15IN2O3/c1-8-9(4-5-18-8)7-14-12-3-2-10(15(16)17)6-11(12)13/h2-3,6,8-9,14H,4-5,7H2,1H3. The predicted molar refractivity (Wildman–Crippen MR) is 77.8 cm³/mol. The molecule has 18 heavy (non-hydrogen) atoms. The molecule has 0 bridgehead atoms. The molecule has 0 radical (unpaired) electrons. The number of nitrogens with zero attached hydrogens (tertiary/aromatic N) is 1. The second-order valence-corrected chi connectivity index (χ2v) is 5.59. The van der Waals surface area contributed by atoms with Crippen molar-refractivity contribution in [1.82, 2.24) is 0 Å². The molecule has 0 saturated carbocycles. The summed E-state index contributed by atoms with van der Waals surface area (Å²) in [6.07, 6.45) is 1.35. The monoisotopic (exact) mass is 362 g/mol.